The fourth-order valence-electron chi connectivity index (χ4n) is 2.88. The van der Waals surface area contributed by atoms with Crippen molar-refractivity contribution in [3.63, 3.8) is 0 Å². The van der Waals surface area contributed by atoms with Crippen LogP contribution in [0.4, 0.5) is 0 Å². The summed E-state index contributed by atoms with van der Waals surface area (Å²) in [5.41, 5.74) is 0.305. The fourth-order valence-corrected chi connectivity index (χ4v) is 2.88. The van der Waals surface area contributed by atoms with E-state index in [9.17, 15) is 4.79 Å². The van der Waals surface area contributed by atoms with Gasteiger partial charge in [0.25, 0.3) is 0 Å². The quantitative estimate of drug-likeness (QED) is 0.809. The van der Waals surface area contributed by atoms with Crippen LogP contribution in [0, 0.1) is 17.3 Å². The molecule has 1 saturated heterocycles. The molecule has 106 valence electrons. The van der Waals surface area contributed by atoms with E-state index in [2.05, 4.69) is 45.3 Å². The van der Waals surface area contributed by atoms with Gasteiger partial charge >= 0.3 is 0 Å². The summed E-state index contributed by atoms with van der Waals surface area (Å²) < 4.78 is 0. The molecule has 18 heavy (non-hydrogen) atoms. The van der Waals surface area contributed by atoms with E-state index in [-0.39, 0.29) is 5.91 Å². The Hall–Kier alpha value is -0.570. The van der Waals surface area contributed by atoms with Gasteiger partial charge in [-0.2, -0.15) is 0 Å². The number of rotatable bonds is 4. The van der Waals surface area contributed by atoms with Crippen molar-refractivity contribution in [3.05, 3.63) is 0 Å². The van der Waals surface area contributed by atoms with Crippen LogP contribution in [0.1, 0.15) is 53.9 Å². The summed E-state index contributed by atoms with van der Waals surface area (Å²) in [7, 11) is 0. The molecule has 3 heteroatoms. The van der Waals surface area contributed by atoms with Gasteiger partial charge in [0.05, 0.1) is 0 Å². The van der Waals surface area contributed by atoms with Gasteiger partial charge in [-0.3, -0.25) is 4.79 Å². The summed E-state index contributed by atoms with van der Waals surface area (Å²) in [6.07, 6.45) is 2.90. The lowest BCUT2D eigenvalue weighted by molar-refractivity contribution is -0.123. The van der Waals surface area contributed by atoms with E-state index >= 15 is 0 Å². The molecule has 3 unspecified atom stereocenters. The number of carbonyl (C=O) groups is 1. The van der Waals surface area contributed by atoms with E-state index in [1.807, 2.05) is 0 Å². The highest BCUT2D eigenvalue weighted by Crippen LogP contribution is 2.25. The van der Waals surface area contributed by atoms with Gasteiger partial charge in [-0.25, -0.2) is 0 Å². The first-order valence-electron chi connectivity index (χ1n) is 7.28. The average Bonchev–Trinajstić information content (AvgIpc) is 2.18. The SMILES string of the molecule is CC(CC(=O)NC1CNCCC1C)CC(C)(C)C. The van der Waals surface area contributed by atoms with Gasteiger partial charge in [0.1, 0.15) is 0 Å². The maximum atomic E-state index is 12.0. The van der Waals surface area contributed by atoms with E-state index in [0.29, 0.717) is 29.7 Å². The summed E-state index contributed by atoms with van der Waals surface area (Å²) in [6, 6.07) is 0.313. The van der Waals surface area contributed by atoms with Gasteiger partial charge in [0.15, 0.2) is 0 Å². The summed E-state index contributed by atoms with van der Waals surface area (Å²) in [5.74, 6) is 1.26. The Morgan fingerprint density at radius 2 is 2.11 bits per heavy atom. The number of nitrogens with one attached hydrogen (secondary N) is 2. The molecule has 2 N–H and O–H groups in total. The zero-order valence-electron chi connectivity index (χ0n) is 12.7. The first-order valence-corrected chi connectivity index (χ1v) is 7.28. The summed E-state index contributed by atoms with van der Waals surface area (Å²) >= 11 is 0. The van der Waals surface area contributed by atoms with Gasteiger partial charge in [0.2, 0.25) is 5.91 Å². The van der Waals surface area contributed by atoms with Crippen molar-refractivity contribution in [2.75, 3.05) is 13.1 Å². The topological polar surface area (TPSA) is 41.1 Å². The lowest BCUT2D eigenvalue weighted by Crippen LogP contribution is -2.50. The molecule has 0 spiro atoms. The highest BCUT2D eigenvalue weighted by Gasteiger charge is 2.24. The van der Waals surface area contributed by atoms with Crippen molar-refractivity contribution in [2.24, 2.45) is 17.3 Å². The second-order valence-corrected chi connectivity index (χ2v) is 7.22. The second kappa shape index (κ2) is 6.55. The molecular weight excluding hydrogens is 224 g/mol. The van der Waals surface area contributed by atoms with E-state index in [0.717, 1.165) is 25.9 Å². The molecule has 0 saturated carbocycles. The molecule has 0 aliphatic carbocycles. The van der Waals surface area contributed by atoms with Crippen LogP contribution in [-0.4, -0.2) is 25.0 Å². The van der Waals surface area contributed by atoms with E-state index in [1.54, 1.807) is 0 Å². The number of piperidine rings is 1. The van der Waals surface area contributed by atoms with Gasteiger partial charge in [-0.05, 0) is 36.6 Å². The summed E-state index contributed by atoms with van der Waals surface area (Å²) in [5, 5.41) is 6.53. The van der Waals surface area contributed by atoms with Crippen LogP contribution in [0.2, 0.25) is 0 Å². The second-order valence-electron chi connectivity index (χ2n) is 7.22. The smallest absolute Gasteiger partial charge is 0.220 e. The van der Waals surface area contributed by atoms with Crippen molar-refractivity contribution >= 4 is 5.91 Å². The Morgan fingerprint density at radius 3 is 2.67 bits per heavy atom. The first kappa shape index (κ1) is 15.5. The fraction of sp³-hybridized carbons (Fsp3) is 0.933. The third-order valence-electron chi connectivity index (χ3n) is 3.67. The Balaban J connectivity index is 2.32. The van der Waals surface area contributed by atoms with E-state index in [4.69, 9.17) is 0 Å². The Morgan fingerprint density at radius 1 is 1.44 bits per heavy atom. The summed E-state index contributed by atoms with van der Waals surface area (Å²) in [4.78, 5) is 12.0. The third kappa shape index (κ3) is 5.85. The maximum Gasteiger partial charge on any atom is 0.220 e. The minimum atomic E-state index is 0.215. The molecule has 1 fully saturated rings. The number of hydrogen-bond acceptors (Lipinski definition) is 2. The lowest BCUT2D eigenvalue weighted by Gasteiger charge is -2.31. The van der Waals surface area contributed by atoms with Gasteiger partial charge in [-0.15, -0.1) is 0 Å². The molecule has 0 aromatic carbocycles. The maximum absolute atomic E-state index is 12.0. The molecule has 1 heterocycles. The largest absolute Gasteiger partial charge is 0.352 e. The molecule has 3 atom stereocenters. The van der Waals surface area contributed by atoms with Crippen molar-refractivity contribution < 1.29 is 4.79 Å². The number of amides is 1. The van der Waals surface area contributed by atoms with Crippen LogP contribution in [0.25, 0.3) is 0 Å². The van der Waals surface area contributed by atoms with E-state index < -0.39 is 0 Å². The molecule has 0 radical (unpaired) electrons. The molecule has 1 aliphatic rings. The molecular formula is C15H30N2O. The molecule has 1 rings (SSSR count). The van der Waals surface area contributed by atoms with Crippen LogP contribution in [-0.2, 0) is 4.79 Å². The van der Waals surface area contributed by atoms with Gasteiger partial charge in [0, 0.05) is 19.0 Å². The molecule has 1 aliphatic heterocycles. The highest BCUT2D eigenvalue weighted by molar-refractivity contribution is 5.76. The predicted molar refractivity (Wildman–Crippen MR) is 76.4 cm³/mol. The predicted octanol–water partition coefficient (Wildman–Crippen LogP) is 2.56. The minimum absolute atomic E-state index is 0.215. The standard InChI is InChI=1S/C15H30N2O/c1-11(9-15(3,4)5)8-14(18)17-13-10-16-7-6-12(13)2/h11-13,16H,6-10H2,1-5H3,(H,17,18). The number of hydrogen-bond donors (Lipinski definition) is 2. The van der Waals surface area contributed by atoms with Crippen LogP contribution in [0.5, 0.6) is 0 Å². The monoisotopic (exact) mass is 254 g/mol. The Labute approximate surface area is 112 Å². The van der Waals surface area contributed by atoms with Crippen LogP contribution in [0.3, 0.4) is 0 Å². The lowest BCUT2D eigenvalue weighted by atomic mass is 9.84. The minimum Gasteiger partial charge on any atom is -0.352 e. The Kier molecular flexibility index (Phi) is 5.64. The van der Waals surface area contributed by atoms with Gasteiger partial charge in [-0.1, -0.05) is 34.6 Å². The van der Waals surface area contributed by atoms with Crippen LogP contribution in [0.15, 0.2) is 0 Å². The zero-order valence-corrected chi connectivity index (χ0v) is 12.7. The van der Waals surface area contributed by atoms with Crippen molar-refractivity contribution in [3.8, 4) is 0 Å². The average molecular weight is 254 g/mol. The normalized spacial score (nSPS) is 26.7. The molecule has 1 amide bonds. The Bertz CT molecular complexity index is 270. The molecule has 0 aromatic rings. The molecule has 0 aromatic heterocycles. The van der Waals surface area contributed by atoms with Crippen LogP contribution >= 0.6 is 0 Å². The number of carbonyl (C=O) groups excluding carboxylic acids is 1. The highest BCUT2D eigenvalue weighted by atomic mass is 16.1. The van der Waals surface area contributed by atoms with Crippen molar-refractivity contribution in [2.45, 2.75) is 59.9 Å². The zero-order chi connectivity index (χ0) is 13.8. The van der Waals surface area contributed by atoms with Crippen molar-refractivity contribution in [1.82, 2.24) is 10.6 Å². The third-order valence-corrected chi connectivity index (χ3v) is 3.67. The first-order chi connectivity index (χ1) is 8.28. The van der Waals surface area contributed by atoms with Crippen molar-refractivity contribution in [1.29, 1.82) is 0 Å². The summed E-state index contributed by atoms with van der Waals surface area (Å²) in [6.45, 7) is 13.1. The van der Waals surface area contributed by atoms with Crippen LogP contribution < -0.4 is 10.6 Å². The van der Waals surface area contributed by atoms with E-state index in [1.165, 1.54) is 0 Å². The van der Waals surface area contributed by atoms with Gasteiger partial charge < -0.3 is 10.6 Å². The molecule has 3 nitrogen and oxygen atoms in total. The molecule has 0 bridgehead atoms.